The minimum atomic E-state index is 0.101. The van der Waals surface area contributed by atoms with Gasteiger partial charge in [-0.2, -0.15) is 0 Å². The van der Waals surface area contributed by atoms with Crippen LogP contribution in [0.1, 0.15) is 13.8 Å². The van der Waals surface area contributed by atoms with Crippen LogP contribution in [0, 0.1) is 0 Å². The zero-order chi connectivity index (χ0) is 15.5. The van der Waals surface area contributed by atoms with Gasteiger partial charge in [0.15, 0.2) is 0 Å². The fourth-order valence-corrected chi connectivity index (χ4v) is 2.89. The highest BCUT2D eigenvalue weighted by molar-refractivity contribution is 7.13. The normalized spacial score (nSPS) is 10.9. The maximum Gasteiger partial charge on any atom is 0.142 e. The van der Waals surface area contributed by atoms with E-state index in [0.29, 0.717) is 11.4 Å². The van der Waals surface area contributed by atoms with E-state index in [4.69, 9.17) is 10.5 Å². The van der Waals surface area contributed by atoms with Gasteiger partial charge in [-0.1, -0.05) is 6.07 Å². The molecule has 2 N–H and O–H groups in total. The van der Waals surface area contributed by atoms with Gasteiger partial charge in [0.05, 0.1) is 17.5 Å². The van der Waals surface area contributed by atoms with Crippen LogP contribution in [0.15, 0.2) is 48.0 Å². The smallest absolute Gasteiger partial charge is 0.142 e. The van der Waals surface area contributed by atoms with E-state index in [2.05, 4.69) is 9.97 Å². The monoisotopic (exact) mass is 311 g/mol. The zero-order valence-electron chi connectivity index (χ0n) is 12.5. The Bertz CT molecular complexity index is 769. The van der Waals surface area contributed by atoms with Crippen LogP contribution in [0.3, 0.4) is 0 Å². The molecule has 0 unspecified atom stereocenters. The lowest BCUT2D eigenvalue weighted by Crippen LogP contribution is -2.07. The highest BCUT2D eigenvalue weighted by Crippen LogP contribution is 2.32. The highest BCUT2D eigenvalue weighted by atomic mass is 32.1. The van der Waals surface area contributed by atoms with Crippen molar-refractivity contribution in [1.29, 1.82) is 0 Å². The summed E-state index contributed by atoms with van der Waals surface area (Å²) >= 11 is 1.58. The molecule has 0 amide bonds. The first kappa shape index (κ1) is 14.5. The third-order valence-electron chi connectivity index (χ3n) is 3.05. The van der Waals surface area contributed by atoms with E-state index >= 15 is 0 Å². The Morgan fingerprint density at radius 2 is 2.00 bits per heavy atom. The SMILES string of the molecule is CC(C)Oc1ccc(-c2nc(-c3ccccn3)cs2)cc1N. The number of benzene rings is 1. The van der Waals surface area contributed by atoms with Gasteiger partial charge in [0.1, 0.15) is 16.5 Å². The van der Waals surface area contributed by atoms with Crippen molar-refractivity contribution >= 4 is 17.0 Å². The molecule has 4 nitrogen and oxygen atoms in total. The minimum absolute atomic E-state index is 0.101. The van der Waals surface area contributed by atoms with Crippen molar-refractivity contribution in [2.24, 2.45) is 0 Å². The molecule has 2 aromatic heterocycles. The molecule has 0 saturated heterocycles. The first-order valence-corrected chi connectivity index (χ1v) is 7.95. The molecule has 0 aliphatic rings. The lowest BCUT2D eigenvalue weighted by Gasteiger charge is -2.12. The van der Waals surface area contributed by atoms with Gasteiger partial charge < -0.3 is 10.5 Å². The predicted octanol–water partition coefficient (Wildman–Crippen LogP) is 4.24. The molecule has 112 valence electrons. The second-order valence-corrected chi connectivity index (χ2v) is 6.03. The van der Waals surface area contributed by atoms with Crippen molar-refractivity contribution in [2.45, 2.75) is 20.0 Å². The number of aromatic nitrogens is 2. The first-order chi connectivity index (χ1) is 10.6. The van der Waals surface area contributed by atoms with E-state index in [1.165, 1.54) is 0 Å². The van der Waals surface area contributed by atoms with Crippen LogP contribution in [0.25, 0.3) is 22.0 Å². The summed E-state index contributed by atoms with van der Waals surface area (Å²) in [5, 5.41) is 2.93. The molecule has 0 radical (unpaired) electrons. The van der Waals surface area contributed by atoms with E-state index in [-0.39, 0.29) is 6.10 Å². The Balaban J connectivity index is 1.89. The fourth-order valence-electron chi connectivity index (χ4n) is 2.08. The van der Waals surface area contributed by atoms with Crippen LogP contribution in [-0.2, 0) is 0 Å². The second kappa shape index (κ2) is 6.15. The molecule has 0 bridgehead atoms. The number of rotatable bonds is 4. The molecule has 22 heavy (non-hydrogen) atoms. The third kappa shape index (κ3) is 3.09. The number of nitrogen functional groups attached to an aromatic ring is 1. The van der Waals surface area contributed by atoms with Crippen LogP contribution < -0.4 is 10.5 Å². The third-order valence-corrected chi connectivity index (χ3v) is 3.94. The van der Waals surface area contributed by atoms with Crippen molar-refractivity contribution in [1.82, 2.24) is 9.97 Å². The van der Waals surface area contributed by atoms with Crippen molar-refractivity contribution in [2.75, 3.05) is 5.73 Å². The van der Waals surface area contributed by atoms with Crippen LogP contribution in [0.5, 0.6) is 5.75 Å². The molecular weight excluding hydrogens is 294 g/mol. The van der Waals surface area contributed by atoms with Crippen LogP contribution >= 0.6 is 11.3 Å². The van der Waals surface area contributed by atoms with Crippen LogP contribution in [0.2, 0.25) is 0 Å². The zero-order valence-corrected chi connectivity index (χ0v) is 13.3. The van der Waals surface area contributed by atoms with Gasteiger partial charge in [0, 0.05) is 17.1 Å². The quantitative estimate of drug-likeness (QED) is 0.732. The van der Waals surface area contributed by atoms with Gasteiger partial charge in [-0.25, -0.2) is 4.98 Å². The van der Waals surface area contributed by atoms with Crippen molar-refractivity contribution in [3.8, 4) is 27.7 Å². The average molecular weight is 311 g/mol. The highest BCUT2D eigenvalue weighted by Gasteiger charge is 2.10. The summed E-state index contributed by atoms with van der Waals surface area (Å²) in [6.07, 6.45) is 1.87. The van der Waals surface area contributed by atoms with Gasteiger partial charge in [-0.15, -0.1) is 11.3 Å². The molecule has 0 aliphatic heterocycles. The summed E-state index contributed by atoms with van der Waals surface area (Å²) < 4.78 is 5.66. The lowest BCUT2D eigenvalue weighted by atomic mass is 10.2. The maximum atomic E-state index is 6.06. The number of thiazole rings is 1. The summed E-state index contributed by atoms with van der Waals surface area (Å²) in [4.78, 5) is 8.96. The Morgan fingerprint density at radius 3 is 2.68 bits per heavy atom. The molecule has 0 spiro atoms. The number of pyridine rings is 1. The molecule has 0 saturated carbocycles. The minimum Gasteiger partial charge on any atom is -0.489 e. The van der Waals surface area contributed by atoms with E-state index in [1.54, 1.807) is 17.5 Å². The molecule has 3 rings (SSSR count). The summed E-state index contributed by atoms with van der Waals surface area (Å²) in [5.74, 6) is 0.709. The van der Waals surface area contributed by atoms with E-state index in [1.807, 2.05) is 55.6 Å². The molecule has 1 aromatic carbocycles. The van der Waals surface area contributed by atoms with Crippen molar-refractivity contribution in [3.05, 3.63) is 48.0 Å². The summed E-state index contributed by atoms with van der Waals surface area (Å²) in [6.45, 7) is 3.96. The molecule has 0 aliphatic carbocycles. The van der Waals surface area contributed by atoms with Gasteiger partial charge in [-0.3, -0.25) is 4.98 Å². The number of nitrogens with two attached hydrogens (primary N) is 1. The first-order valence-electron chi connectivity index (χ1n) is 7.07. The number of nitrogens with zero attached hydrogens (tertiary/aromatic N) is 2. The largest absolute Gasteiger partial charge is 0.489 e. The van der Waals surface area contributed by atoms with Crippen molar-refractivity contribution < 1.29 is 4.74 Å². The average Bonchev–Trinajstić information content (AvgIpc) is 3.00. The van der Waals surface area contributed by atoms with Crippen molar-refractivity contribution in [3.63, 3.8) is 0 Å². The molecule has 5 heteroatoms. The van der Waals surface area contributed by atoms with Crippen LogP contribution in [-0.4, -0.2) is 16.1 Å². The second-order valence-electron chi connectivity index (χ2n) is 5.17. The summed E-state index contributed by atoms with van der Waals surface area (Å²) in [7, 11) is 0. The summed E-state index contributed by atoms with van der Waals surface area (Å²) in [6, 6.07) is 11.6. The number of ether oxygens (including phenoxy) is 1. The van der Waals surface area contributed by atoms with Gasteiger partial charge in [0.25, 0.3) is 0 Å². The topological polar surface area (TPSA) is 61.0 Å². The summed E-state index contributed by atoms with van der Waals surface area (Å²) in [5.41, 5.74) is 9.43. The predicted molar refractivity (Wildman–Crippen MR) is 91.0 cm³/mol. The Labute approximate surface area is 133 Å². The van der Waals surface area contributed by atoms with E-state index < -0.39 is 0 Å². The lowest BCUT2D eigenvalue weighted by molar-refractivity contribution is 0.244. The number of anilines is 1. The van der Waals surface area contributed by atoms with Gasteiger partial charge >= 0.3 is 0 Å². The van der Waals surface area contributed by atoms with Crippen LogP contribution in [0.4, 0.5) is 5.69 Å². The van der Waals surface area contributed by atoms with Gasteiger partial charge in [0.2, 0.25) is 0 Å². The fraction of sp³-hybridized carbons (Fsp3) is 0.176. The van der Waals surface area contributed by atoms with E-state index in [9.17, 15) is 0 Å². The van der Waals surface area contributed by atoms with Gasteiger partial charge in [-0.05, 0) is 44.2 Å². The standard InChI is InChI=1S/C17H17N3OS/c1-11(2)21-16-7-6-12(9-13(16)18)17-20-15(10-22-17)14-5-3-4-8-19-14/h3-11H,18H2,1-2H3. The maximum absolute atomic E-state index is 6.06. The Kier molecular flexibility index (Phi) is 4.06. The Morgan fingerprint density at radius 1 is 1.14 bits per heavy atom. The number of hydrogen-bond acceptors (Lipinski definition) is 5. The van der Waals surface area contributed by atoms with E-state index in [0.717, 1.165) is 22.0 Å². The molecular formula is C17H17N3OS. The Hall–Kier alpha value is -2.40. The molecule has 3 aromatic rings. The molecule has 2 heterocycles. The molecule has 0 fully saturated rings. The molecule has 0 atom stereocenters. The number of hydrogen-bond donors (Lipinski definition) is 1.